The molecule has 0 spiro atoms. The Balaban J connectivity index is 2.21. The van der Waals surface area contributed by atoms with E-state index in [-0.39, 0.29) is 62.7 Å². The summed E-state index contributed by atoms with van der Waals surface area (Å²) in [6.07, 6.45) is 33.3. The lowest BCUT2D eigenvalue weighted by atomic mass is 10.0. The maximum Gasteiger partial charge on any atom is 0.472 e. The van der Waals surface area contributed by atoms with Crippen LogP contribution >= 0.6 is 7.82 Å². The third-order valence-electron chi connectivity index (χ3n) is 10.2. The van der Waals surface area contributed by atoms with E-state index in [0.29, 0.717) is 12.8 Å². The van der Waals surface area contributed by atoms with Crippen molar-refractivity contribution in [1.82, 2.24) is 0 Å². The first-order valence-corrected chi connectivity index (χ1v) is 22.5. The average Bonchev–Trinajstić information content (AvgIpc) is 3.79. The van der Waals surface area contributed by atoms with E-state index in [1.54, 1.807) is 0 Å². The van der Waals surface area contributed by atoms with Gasteiger partial charge in [-0.3, -0.25) is 18.6 Å². The number of ether oxygens (including phenoxy) is 2. The quantitative estimate of drug-likeness (QED) is 0.0361. The van der Waals surface area contributed by atoms with Crippen LogP contribution in [0.2, 0.25) is 0 Å². The van der Waals surface area contributed by atoms with Gasteiger partial charge in [-0.2, -0.15) is 0 Å². The number of phosphoric acid groups is 1. The molecule has 0 aliphatic heterocycles. The van der Waals surface area contributed by atoms with Gasteiger partial charge in [-0.05, 0) is 18.8 Å². The largest absolute Gasteiger partial charge is 0.472 e. The molecule has 1 aliphatic carbocycles. The number of unbranched alkanes of at least 4 members (excludes halogenated alkanes) is 24. The number of hydrogen-bond acceptors (Lipinski definition) is 8. The molecule has 4 atom stereocenters. The van der Waals surface area contributed by atoms with Crippen LogP contribution in [0, 0.1) is 17.8 Å². The Bertz CT molecular complexity index is 807. The Morgan fingerprint density at radius 2 is 0.800 bits per heavy atom. The van der Waals surface area contributed by atoms with Crippen LogP contribution in [0.1, 0.15) is 194 Å². The summed E-state index contributed by atoms with van der Waals surface area (Å²) in [7, 11) is -4.22. The zero-order chi connectivity index (χ0) is 36.5. The lowest BCUT2D eigenvalue weighted by molar-refractivity contribution is -0.146. The number of hydrogen-bond donors (Lipinski definition) is 2. The molecule has 2 unspecified atom stereocenters. The van der Waals surface area contributed by atoms with Gasteiger partial charge in [0.25, 0.3) is 0 Å². The van der Waals surface area contributed by atoms with E-state index in [9.17, 15) is 19.0 Å². The van der Waals surface area contributed by atoms with Gasteiger partial charge in [-0.25, -0.2) is 4.57 Å². The molecule has 50 heavy (non-hydrogen) atoms. The molecule has 0 saturated heterocycles. The average molecular weight is 732 g/mol. The topological polar surface area (TPSA) is 134 Å². The Labute approximate surface area is 306 Å². The predicted molar refractivity (Wildman–Crippen MR) is 204 cm³/mol. The summed E-state index contributed by atoms with van der Waals surface area (Å²) in [5.74, 6) is -0.799. The minimum absolute atomic E-state index is 0.0412. The van der Waals surface area contributed by atoms with Crippen molar-refractivity contribution in [3.63, 3.8) is 0 Å². The van der Waals surface area contributed by atoms with Crippen LogP contribution in [-0.4, -0.2) is 49.8 Å². The number of esters is 2. The number of rotatable bonds is 38. The second-order valence-electron chi connectivity index (χ2n) is 14.7. The van der Waals surface area contributed by atoms with Gasteiger partial charge in [-0.15, -0.1) is 0 Å². The van der Waals surface area contributed by atoms with Crippen LogP contribution in [0.25, 0.3) is 0 Å². The van der Waals surface area contributed by atoms with E-state index >= 15 is 0 Å². The third kappa shape index (κ3) is 27.6. The maximum absolute atomic E-state index is 12.4. The van der Waals surface area contributed by atoms with Crippen LogP contribution in [0.4, 0.5) is 0 Å². The van der Waals surface area contributed by atoms with Crippen molar-refractivity contribution in [3.05, 3.63) is 0 Å². The van der Waals surface area contributed by atoms with Crippen molar-refractivity contribution < 1.29 is 37.6 Å². The van der Waals surface area contributed by atoms with Crippen LogP contribution in [-0.2, 0) is 32.7 Å². The summed E-state index contributed by atoms with van der Waals surface area (Å²) in [5.41, 5.74) is 5.37. The smallest absolute Gasteiger partial charge is 0.465 e. The van der Waals surface area contributed by atoms with E-state index in [0.717, 1.165) is 38.5 Å². The second-order valence-corrected chi connectivity index (χ2v) is 16.2. The van der Waals surface area contributed by atoms with E-state index in [4.69, 9.17) is 24.3 Å². The zero-order valence-electron chi connectivity index (χ0n) is 32.4. The van der Waals surface area contributed by atoms with Crippen LogP contribution in [0.3, 0.4) is 0 Å². The van der Waals surface area contributed by atoms with Gasteiger partial charge in [0, 0.05) is 31.2 Å². The van der Waals surface area contributed by atoms with Crippen LogP contribution in [0.5, 0.6) is 0 Å². The molecule has 0 aromatic heterocycles. The van der Waals surface area contributed by atoms with Gasteiger partial charge < -0.3 is 20.1 Å². The summed E-state index contributed by atoms with van der Waals surface area (Å²) in [6, 6.07) is 0. The van der Waals surface area contributed by atoms with E-state index in [2.05, 4.69) is 13.8 Å². The fourth-order valence-corrected chi connectivity index (χ4v) is 7.52. The molecule has 0 bridgehead atoms. The number of carbonyl (C=O) groups is 2. The third-order valence-corrected chi connectivity index (χ3v) is 11.1. The molecule has 0 amide bonds. The number of phosphoric ester groups is 1. The molecule has 1 rings (SSSR count). The van der Waals surface area contributed by atoms with Crippen molar-refractivity contribution in [2.45, 2.75) is 194 Å². The van der Waals surface area contributed by atoms with Crippen molar-refractivity contribution in [1.29, 1.82) is 0 Å². The molecule has 296 valence electrons. The first kappa shape index (κ1) is 47.0. The first-order valence-electron chi connectivity index (χ1n) is 21.0. The molecule has 0 radical (unpaired) electrons. The molecule has 9 nitrogen and oxygen atoms in total. The number of carbonyl (C=O) groups excluding carboxylic acids is 2. The molecule has 1 saturated carbocycles. The summed E-state index contributed by atoms with van der Waals surface area (Å²) in [5, 5.41) is 0. The van der Waals surface area contributed by atoms with Crippen molar-refractivity contribution in [2.75, 3.05) is 33.0 Å². The van der Waals surface area contributed by atoms with E-state index < -0.39 is 7.82 Å². The minimum Gasteiger partial charge on any atom is -0.465 e. The molecule has 0 heterocycles. The second kappa shape index (κ2) is 32.6. The fraction of sp³-hybridized carbons (Fsp3) is 0.950. The summed E-state index contributed by atoms with van der Waals surface area (Å²) in [6.45, 7) is 4.86. The van der Waals surface area contributed by atoms with Gasteiger partial charge in [0.2, 0.25) is 0 Å². The molecule has 10 heteroatoms. The van der Waals surface area contributed by atoms with Crippen LogP contribution in [0.15, 0.2) is 0 Å². The zero-order valence-corrected chi connectivity index (χ0v) is 33.3. The van der Waals surface area contributed by atoms with Gasteiger partial charge in [0.15, 0.2) is 0 Å². The standard InChI is InChI=1S/C40H78NO8P/c1-3-5-7-9-11-13-15-17-19-21-23-25-27-29-39(42)46-33-36-37(38(36)35-49-50(44,45)48-32-31-41)34-47-40(43)30-28-26-24-22-20-18-16-14-12-10-8-6-4-2/h36-38H,3-35,41H2,1-2H3,(H,44,45)/t36-,37+,38?. The monoisotopic (exact) mass is 732 g/mol. The summed E-state index contributed by atoms with van der Waals surface area (Å²) >= 11 is 0. The molecule has 0 aromatic carbocycles. The number of nitrogens with two attached hydrogens (primary N) is 1. The lowest BCUT2D eigenvalue weighted by Gasteiger charge is -2.11. The molecule has 0 aromatic rings. The SMILES string of the molecule is CCCCCCCCCCCCCCCC(=O)OC[C@@H]1C(COP(=O)(O)OCCN)[C@@H]1COC(=O)CCCCCCCCCCCCCCC. The predicted octanol–water partition coefficient (Wildman–Crippen LogP) is 11.0. The Hall–Kier alpha value is -0.990. The molecular weight excluding hydrogens is 653 g/mol. The fourth-order valence-electron chi connectivity index (χ4n) is 6.75. The normalized spacial score (nSPS) is 18.2. The van der Waals surface area contributed by atoms with Crippen molar-refractivity contribution >= 4 is 19.8 Å². The lowest BCUT2D eigenvalue weighted by Crippen LogP contribution is -2.11. The maximum atomic E-state index is 12.4. The minimum atomic E-state index is -4.22. The molecule has 1 aliphatic rings. The summed E-state index contributed by atoms with van der Waals surface area (Å²) < 4.78 is 33.3. The van der Waals surface area contributed by atoms with Gasteiger partial charge in [0.1, 0.15) is 0 Å². The van der Waals surface area contributed by atoms with Crippen molar-refractivity contribution in [2.24, 2.45) is 23.5 Å². The van der Waals surface area contributed by atoms with Gasteiger partial charge in [0.05, 0.1) is 26.4 Å². The molecular formula is C40H78NO8P. The van der Waals surface area contributed by atoms with Crippen LogP contribution < -0.4 is 5.73 Å². The Kier molecular flexibility index (Phi) is 30.7. The van der Waals surface area contributed by atoms with E-state index in [1.807, 2.05) is 0 Å². The first-order chi connectivity index (χ1) is 24.3. The Morgan fingerprint density at radius 3 is 1.12 bits per heavy atom. The molecule has 3 N–H and O–H groups in total. The van der Waals surface area contributed by atoms with E-state index in [1.165, 1.54) is 128 Å². The van der Waals surface area contributed by atoms with Crippen molar-refractivity contribution in [3.8, 4) is 0 Å². The highest BCUT2D eigenvalue weighted by molar-refractivity contribution is 7.47. The highest BCUT2D eigenvalue weighted by atomic mass is 31.2. The summed E-state index contributed by atoms with van der Waals surface area (Å²) in [4.78, 5) is 34.8. The highest BCUT2D eigenvalue weighted by Crippen LogP contribution is 2.51. The Morgan fingerprint density at radius 1 is 0.500 bits per heavy atom. The van der Waals surface area contributed by atoms with Gasteiger partial charge >= 0.3 is 19.8 Å². The highest BCUT2D eigenvalue weighted by Gasteiger charge is 2.52. The van der Waals surface area contributed by atoms with Gasteiger partial charge in [-0.1, -0.05) is 168 Å². The molecule has 1 fully saturated rings.